The Balaban J connectivity index is 0.901. The molecule has 17 rings (SSSR count). The van der Waals surface area contributed by atoms with Gasteiger partial charge < -0.3 is 79.8 Å². The molecule has 0 radical (unpaired) electrons. The second-order valence-electron chi connectivity index (χ2n) is 31.6. The predicted octanol–water partition coefficient (Wildman–Crippen LogP) is 13.1. The van der Waals surface area contributed by atoms with Gasteiger partial charge in [0.25, 0.3) is 0 Å². The third-order valence-corrected chi connectivity index (χ3v) is 24.1. The fourth-order valence-electron chi connectivity index (χ4n) is 17.4. The first-order valence-electron chi connectivity index (χ1n) is 40.3. The van der Waals surface area contributed by atoms with Crippen molar-refractivity contribution >= 4 is 44.1 Å². The fraction of sp³-hybridized carbons (Fsp3) is 0.610. The summed E-state index contributed by atoms with van der Waals surface area (Å²) >= 11 is 0. The summed E-state index contributed by atoms with van der Waals surface area (Å²) in [6.07, 6.45) is 24.5. The van der Waals surface area contributed by atoms with Gasteiger partial charge in [-0.2, -0.15) is 0 Å². The summed E-state index contributed by atoms with van der Waals surface area (Å²) in [5.74, 6) is 10.5. The van der Waals surface area contributed by atoms with Crippen molar-refractivity contribution in [1.82, 2.24) is 71.8 Å². The minimum absolute atomic E-state index is 0.393. The number of hydrogen-bond acceptors (Lipinski definition) is 20. The van der Waals surface area contributed by atoms with E-state index < -0.39 is 0 Å². The molecule has 10 aliphatic rings. The van der Waals surface area contributed by atoms with Gasteiger partial charge >= 0.3 is 0 Å². The highest BCUT2D eigenvalue weighted by atomic mass is 16.5. The number of piperidine rings is 6. The molecule has 2 aliphatic carbocycles. The Hall–Kier alpha value is -7.60. The Labute approximate surface area is 610 Å². The summed E-state index contributed by atoms with van der Waals surface area (Å²) in [5, 5.41) is 24.5. The largest absolute Gasteiger partial charge is 0.489 e. The van der Waals surface area contributed by atoms with E-state index in [1.807, 2.05) is 0 Å². The van der Waals surface area contributed by atoms with Crippen molar-refractivity contribution in [3.05, 3.63) is 48.5 Å². The van der Waals surface area contributed by atoms with Crippen LogP contribution in [0, 0.1) is 47.3 Å². The molecule has 4 aromatic carbocycles. The molecule has 0 unspecified atom stereocenters. The Morgan fingerprint density at radius 1 is 0.221 bits per heavy atom. The van der Waals surface area contributed by atoms with E-state index in [0.717, 1.165) is 225 Å². The van der Waals surface area contributed by atoms with Crippen LogP contribution in [-0.2, 0) is 0 Å². The van der Waals surface area contributed by atoms with Gasteiger partial charge in [0.05, 0.1) is 52.9 Å². The molecule has 2 saturated carbocycles. The highest BCUT2D eigenvalue weighted by Crippen LogP contribution is 2.48. The van der Waals surface area contributed by atoms with Gasteiger partial charge in [-0.25, -0.2) is 29.9 Å². The zero-order valence-corrected chi connectivity index (χ0v) is 60.9. The van der Waals surface area contributed by atoms with Crippen molar-refractivity contribution in [3.63, 3.8) is 0 Å². The molecule has 22 nitrogen and oxygen atoms in total. The standard InChI is InChI=1S/C82H108N14O8/c1-3-7-51(8-4-1)43-97-67-35-59-60(36-68(67)98-44-52-9-5-2-6-10-52)76-89-75(59)90-77-61-37-69(99-45-53-11-23-83-24-12-53)71(101-47-55-15-27-85-28-16-55)39-63(61)79(92-77)94-81-65-41-73(103-49-57-19-31-87-32-20-57)74(104-50-58-21-33-88-34-22-58)42-66(65)82(96-81)95-80-64-40-72(102-48-56-17-29-86-30-18-56)70(38-62(64)78(91-76)93-80)100-46-54-13-25-84-26-14-54/h35-42,51-58,83-88H,1-34,43-50H2,(H2,89,90,91,92,93,94,95,96). The number of ether oxygens (including phenoxy) is 8. The molecule has 554 valence electrons. The summed E-state index contributed by atoms with van der Waals surface area (Å²) in [7, 11) is 0. The van der Waals surface area contributed by atoms with Crippen molar-refractivity contribution in [2.75, 3.05) is 131 Å². The van der Waals surface area contributed by atoms with Crippen molar-refractivity contribution in [3.8, 4) is 91.5 Å². The topological polar surface area (TPSA) is 255 Å². The Bertz CT molecular complexity index is 3740. The molecule has 8 aliphatic heterocycles. The van der Waals surface area contributed by atoms with Crippen molar-refractivity contribution in [1.29, 1.82) is 0 Å². The van der Waals surface area contributed by atoms with E-state index in [-0.39, 0.29) is 0 Å². The number of rotatable bonds is 24. The zero-order valence-electron chi connectivity index (χ0n) is 60.9. The molecule has 7 aromatic rings. The predicted molar refractivity (Wildman–Crippen MR) is 407 cm³/mol. The van der Waals surface area contributed by atoms with E-state index in [9.17, 15) is 0 Å². The van der Waals surface area contributed by atoms with Crippen LogP contribution < -0.4 is 69.8 Å². The van der Waals surface area contributed by atoms with Crippen LogP contribution in [0.5, 0.6) is 46.0 Å². The number of benzene rings is 4. The van der Waals surface area contributed by atoms with E-state index in [2.05, 4.69) is 90.4 Å². The summed E-state index contributed by atoms with van der Waals surface area (Å²) in [4.78, 5) is 41.6. The normalized spacial score (nSPS) is 20.3. The van der Waals surface area contributed by atoms with Crippen LogP contribution in [0.2, 0.25) is 0 Å². The molecule has 8 fully saturated rings. The Morgan fingerprint density at radius 2 is 0.404 bits per heavy atom. The van der Waals surface area contributed by atoms with Gasteiger partial charge in [0.2, 0.25) is 0 Å². The van der Waals surface area contributed by atoms with Gasteiger partial charge in [-0.3, -0.25) is 0 Å². The van der Waals surface area contributed by atoms with Crippen LogP contribution in [0.25, 0.3) is 89.7 Å². The first kappa shape index (κ1) is 69.4. The van der Waals surface area contributed by atoms with Gasteiger partial charge in [0.1, 0.15) is 22.6 Å². The number of nitrogens with one attached hydrogen (secondary N) is 8. The fourth-order valence-corrected chi connectivity index (χ4v) is 17.4. The van der Waals surface area contributed by atoms with Crippen molar-refractivity contribution < 1.29 is 37.9 Å². The van der Waals surface area contributed by atoms with E-state index >= 15 is 0 Å². The van der Waals surface area contributed by atoms with Crippen molar-refractivity contribution in [2.24, 2.45) is 47.3 Å². The molecular weight excluding hydrogens is 1310 g/mol. The number of nitrogens with zero attached hydrogens (tertiary/aromatic N) is 6. The van der Waals surface area contributed by atoms with Gasteiger partial charge in [0, 0.05) is 43.8 Å². The van der Waals surface area contributed by atoms with Gasteiger partial charge in [0.15, 0.2) is 69.3 Å². The van der Waals surface area contributed by atoms with Crippen LogP contribution in [0.4, 0.5) is 0 Å². The van der Waals surface area contributed by atoms with Gasteiger partial charge in [-0.1, -0.05) is 38.5 Å². The Kier molecular flexibility index (Phi) is 22.1. The monoisotopic (exact) mass is 1420 g/mol. The minimum atomic E-state index is 0.393. The van der Waals surface area contributed by atoms with Crippen LogP contribution in [0.15, 0.2) is 48.5 Å². The average molecular weight is 1420 g/mol. The molecule has 11 heterocycles. The molecule has 0 spiro atoms. The molecule has 22 heteroatoms. The third kappa shape index (κ3) is 16.4. The quantitative estimate of drug-likeness (QED) is 0.0280. The summed E-state index contributed by atoms with van der Waals surface area (Å²) < 4.78 is 56.2. The van der Waals surface area contributed by atoms with Crippen molar-refractivity contribution in [2.45, 2.75) is 141 Å². The SMILES string of the molecule is c1c(OCC2CCNCC2)c(OCC2CCNCC2)cc2c1-c1nc-2nc2[nH]c(nc3nc(nc4[nH]c(n1)c1cc(OCC5CCCCC5)c(OCC5CCCCC5)cc41)-c1cc(OCC4CCNCC4)c(OCC4CCNCC4)cc1-3)c1cc(OCC3CCNCC3)c(OCC3CCNCC3)cc21. The zero-order chi connectivity index (χ0) is 69.4. The maximum Gasteiger partial charge on any atom is 0.164 e. The lowest BCUT2D eigenvalue weighted by Gasteiger charge is -2.25. The highest BCUT2D eigenvalue weighted by Gasteiger charge is 2.32. The summed E-state index contributed by atoms with van der Waals surface area (Å²) in [6, 6.07) is 16.9. The average Bonchev–Trinajstić information content (AvgIpc) is 1.59. The molecular formula is C82H108N14O8. The maximum atomic E-state index is 7.06. The summed E-state index contributed by atoms with van der Waals surface area (Å²) in [6.45, 7) is 16.2. The molecule has 0 atom stereocenters. The van der Waals surface area contributed by atoms with Crippen LogP contribution in [-0.4, -0.2) is 171 Å². The molecule has 0 amide bonds. The lowest BCUT2D eigenvalue weighted by molar-refractivity contribution is 0.180. The second-order valence-corrected chi connectivity index (χ2v) is 31.6. The number of aromatic nitrogens is 8. The van der Waals surface area contributed by atoms with Crippen LogP contribution >= 0.6 is 0 Å². The van der Waals surface area contributed by atoms with Crippen LogP contribution in [0.3, 0.4) is 0 Å². The van der Waals surface area contributed by atoms with Gasteiger partial charge in [-0.15, -0.1) is 0 Å². The molecule has 8 bridgehead atoms. The third-order valence-electron chi connectivity index (χ3n) is 24.1. The Morgan fingerprint density at radius 3 is 0.606 bits per heavy atom. The van der Waals surface area contributed by atoms with E-state index in [1.165, 1.54) is 38.5 Å². The highest BCUT2D eigenvalue weighted by molar-refractivity contribution is 6.08. The molecule has 104 heavy (non-hydrogen) atoms. The first-order valence-corrected chi connectivity index (χ1v) is 40.3. The van der Waals surface area contributed by atoms with Crippen LogP contribution in [0.1, 0.15) is 141 Å². The lowest BCUT2D eigenvalue weighted by atomic mass is 9.90. The van der Waals surface area contributed by atoms with E-state index in [4.69, 9.17) is 67.8 Å². The smallest absolute Gasteiger partial charge is 0.164 e. The lowest BCUT2D eigenvalue weighted by Crippen LogP contribution is -2.31. The summed E-state index contributed by atoms with van der Waals surface area (Å²) in [5.41, 5.74) is 5.29. The first-order chi connectivity index (χ1) is 51.5. The molecule has 8 N–H and O–H groups in total. The number of fused-ring (bicyclic) bond motifs is 20. The molecule has 6 saturated heterocycles. The number of hydrogen-bond donors (Lipinski definition) is 8. The van der Waals surface area contributed by atoms with E-state index in [0.29, 0.717) is 192 Å². The maximum absolute atomic E-state index is 7.06. The van der Waals surface area contributed by atoms with Gasteiger partial charge in [-0.05, 0) is 277 Å². The number of H-pyrrole nitrogens is 2. The number of aromatic amines is 2. The van der Waals surface area contributed by atoms with E-state index in [1.54, 1.807) is 0 Å². The minimum Gasteiger partial charge on any atom is -0.489 e. The molecule has 3 aromatic heterocycles. The second kappa shape index (κ2) is 33.0.